The number of hydrogen-bond acceptors (Lipinski definition) is 10. The number of carbonyl (C=O) groups excluding carboxylic acids is 4. The standard InChI is InChI=1S/C40H46N4O8/c1-21-25(9-13-37(45)49-5)33-18-31-23(3)26(10-14-38(46)50-6)34(43-31)19-32-24(4)28(12-16-40(48)52-8)36(44-32)20-35-27(11-15-39(47)51-7)22(2)30(42-35)17-29(21)41-33/h17-20,42,44H,9-16H2,1-8H3. The highest BCUT2D eigenvalue weighted by molar-refractivity contribution is 5.96. The molecule has 12 heteroatoms. The lowest BCUT2D eigenvalue weighted by molar-refractivity contribution is -0.141. The second-order valence-corrected chi connectivity index (χ2v) is 13.0. The lowest BCUT2D eigenvalue weighted by Gasteiger charge is -2.05. The zero-order chi connectivity index (χ0) is 37.7. The number of carbonyl (C=O) groups is 4. The van der Waals surface area contributed by atoms with E-state index in [9.17, 15) is 19.2 Å². The number of fused-ring (bicyclic) bond motifs is 8. The van der Waals surface area contributed by atoms with Crippen molar-refractivity contribution >= 4 is 68.2 Å². The Morgan fingerprint density at radius 2 is 0.827 bits per heavy atom. The highest BCUT2D eigenvalue weighted by Gasteiger charge is 2.23. The fourth-order valence-corrected chi connectivity index (χ4v) is 6.81. The van der Waals surface area contributed by atoms with Gasteiger partial charge in [-0.25, -0.2) is 9.97 Å². The van der Waals surface area contributed by atoms with Gasteiger partial charge in [0, 0.05) is 47.8 Å². The number of aromatic amines is 2. The quantitative estimate of drug-likeness (QED) is 0.149. The van der Waals surface area contributed by atoms with E-state index in [4.69, 9.17) is 28.9 Å². The molecule has 3 aromatic heterocycles. The maximum Gasteiger partial charge on any atom is 0.305 e. The van der Waals surface area contributed by atoms with Crippen molar-refractivity contribution in [3.8, 4) is 0 Å². The molecule has 2 aliphatic rings. The summed E-state index contributed by atoms with van der Waals surface area (Å²) in [4.78, 5) is 66.4. The number of methoxy groups -OCH3 is 4. The first kappa shape index (κ1) is 37.7. The summed E-state index contributed by atoms with van der Waals surface area (Å²) in [5, 5.41) is 0. The van der Waals surface area contributed by atoms with Gasteiger partial charge in [-0.3, -0.25) is 19.2 Å². The lowest BCUT2D eigenvalue weighted by Crippen LogP contribution is -2.02. The van der Waals surface area contributed by atoms with Crippen molar-refractivity contribution in [2.45, 2.75) is 79.1 Å². The molecule has 0 radical (unpaired) electrons. The van der Waals surface area contributed by atoms with Crippen LogP contribution in [0.25, 0.3) is 44.4 Å². The van der Waals surface area contributed by atoms with E-state index in [0.29, 0.717) is 42.8 Å². The molecule has 0 saturated carbocycles. The van der Waals surface area contributed by atoms with Gasteiger partial charge in [-0.2, -0.15) is 0 Å². The number of aromatic nitrogens is 4. The van der Waals surface area contributed by atoms with Crippen LogP contribution in [-0.2, 0) is 51.0 Å². The van der Waals surface area contributed by atoms with Crippen LogP contribution in [0.15, 0.2) is 24.3 Å². The van der Waals surface area contributed by atoms with Gasteiger partial charge in [-0.1, -0.05) is 0 Å². The van der Waals surface area contributed by atoms with E-state index in [0.717, 1.165) is 72.3 Å². The number of allylic oxidation sites excluding steroid dienone is 4. The SMILES string of the molecule is COC(=O)CCC1=C(C)c2cc3[nH]c(cc4[nH]c(cc5nc(cc1n2)C(C)=C5CCC(=O)OC)c(C)c4CCC(=O)OC)c(CCC(=O)OC)c3C. The first-order valence-electron chi connectivity index (χ1n) is 17.3. The first-order chi connectivity index (χ1) is 24.9. The summed E-state index contributed by atoms with van der Waals surface area (Å²) in [6.45, 7) is 7.98. The van der Waals surface area contributed by atoms with Gasteiger partial charge >= 0.3 is 23.9 Å². The predicted octanol–water partition coefficient (Wildman–Crippen LogP) is 6.91. The molecule has 0 aliphatic carbocycles. The molecule has 5 heterocycles. The molecule has 2 aliphatic heterocycles. The van der Waals surface area contributed by atoms with Crippen molar-refractivity contribution in [2.24, 2.45) is 0 Å². The van der Waals surface area contributed by atoms with E-state index < -0.39 is 0 Å². The average Bonchev–Trinajstić information content (AvgIpc) is 3.80. The van der Waals surface area contributed by atoms with Crippen molar-refractivity contribution in [1.82, 2.24) is 19.9 Å². The Hall–Kier alpha value is -5.52. The summed E-state index contributed by atoms with van der Waals surface area (Å²) in [7, 11) is 5.50. The van der Waals surface area contributed by atoms with E-state index in [1.54, 1.807) is 0 Å². The predicted molar refractivity (Wildman–Crippen MR) is 199 cm³/mol. The lowest BCUT2D eigenvalue weighted by atomic mass is 9.98. The number of rotatable bonds is 12. The van der Waals surface area contributed by atoms with Gasteiger partial charge in [0.2, 0.25) is 0 Å². The van der Waals surface area contributed by atoms with E-state index in [2.05, 4.69) is 9.97 Å². The van der Waals surface area contributed by atoms with Crippen LogP contribution in [0.2, 0.25) is 0 Å². The molecule has 2 N–H and O–H groups in total. The summed E-state index contributed by atoms with van der Waals surface area (Å²) < 4.78 is 19.8. The third kappa shape index (κ3) is 8.01. The monoisotopic (exact) mass is 710 g/mol. The van der Waals surface area contributed by atoms with Crippen LogP contribution in [0.4, 0.5) is 0 Å². The minimum Gasteiger partial charge on any atom is -0.469 e. The molecule has 5 rings (SSSR count). The number of hydrogen-bond donors (Lipinski definition) is 2. The summed E-state index contributed by atoms with van der Waals surface area (Å²) >= 11 is 0. The Kier molecular flexibility index (Phi) is 11.8. The minimum absolute atomic E-state index is 0.177. The van der Waals surface area contributed by atoms with Crippen LogP contribution in [0.3, 0.4) is 0 Å². The van der Waals surface area contributed by atoms with Crippen LogP contribution in [0, 0.1) is 13.8 Å². The fraction of sp³-hybridized carbons (Fsp3) is 0.400. The molecule has 0 saturated heterocycles. The molecule has 12 nitrogen and oxygen atoms in total. The zero-order valence-corrected chi connectivity index (χ0v) is 31.1. The first-order valence-corrected chi connectivity index (χ1v) is 17.3. The molecule has 3 aromatic rings. The van der Waals surface area contributed by atoms with E-state index >= 15 is 0 Å². The molecule has 274 valence electrons. The molecule has 0 atom stereocenters. The van der Waals surface area contributed by atoms with Gasteiger partial charge < -0.3 is 28.9 Å². The second kappa shape index (κ2) is 16.2. The zero-order valence-electron chi connectivity index (χ0n) is 31.1. The fourth-order valence-electron chi connectivity index (χ4n) is 6.81. The van der Waals surface area contributed by atoms with E-state index in [1.807, 2.05) is 52.0 Å². The molecule has 0 fully saturated rings. The Morgan fingerprint density at radius 1 is 0.481 bits per heavy atom. The normalized spacial score (nSPS) is 12.6. The van der Waals surface area contributed by atoms with Gasteiger partial charge in [0.25, 0.3) is 0 Å². The highest BCUT2D eigenvalue weighted by Crippen LogP contribution is 2.38. The molecule has 0 aromatic carbocycles. The average molecular weight is 711 g/mol. The Bertz CT molecular complexity index is 2170. The second-order valence-electron chi connectivity index (χ2n) is 13.0. The van der Waals surface area contributed by atoms with E-state index in [-0.39, 0.29) is 49.6 Å². The number of nitrogens with one attached hydrogen (secondary N) is 2. The van der Waals surface area contributed by atoms with Crippen LogP contribution in [-0.4, -0.2) is 72.3 Å². The number of nitrogens with zero attached hydrogens (tertiary/aromatic N) is 2. The van der Waals surface area contributed by atoms with Gasteiger partial charge in [0.1, 0.15) is 0 Å². The number of ether oxygens (including phenoxy) is 4. The largest absolute Gasteiger partial charge is 0.469 e. The summed E-state index contributed by atoms with van der Waals surface area (Å²) in [6, 6.07) is 7.92. The van der Waals surface area contributed by atoms with Crippen molar-refractivity contribution in [3.05, 3.63) is 69.3 Å². The summed E-state index contributed by atoms with van der Waals surface area (Å²) in [6.07, 6.45) is 2.44. The number of aryl methyl sites for hydroxylation is 4. The topological polar surface area (TPSA) is 163 Å². The van der Waals surface area contributed by atoms with Crippen LogP contribution < -0.4 is 0 Å². The van der Waals surface area contributed by atoms with Crippen LogP contribution in [0.5, 0.6) is 0 Å². The van der Waals surface area contributed by atoms with Crippen molar-refractivity contribution in [3.63, 3.8) is 0 Å². The number of esters is 4. The van der Waals surface area contributed by atoms with Crippen LogP contribution in [0.1, 0.15) is 97.4 Å². The third-order valence-corrected chi connectivity index (χ3v) is 10.0. The smallest absolute Gasteiger partial charge is 0.305 e. The Labute approximate surface area is 302 Å². The molecular weight excluding hydrogens is 664 g/mol. The van der Waals surface area contributed by atoms with Crippen LogP contribution >= 0.6 is 0 Å². The van der Waals surface area contributed by atoms with E-state index in [1.165, 1.54) is 28.4 Å². The molecule has 52 heavy (non-hydrogen) atoms. The maximum absolute atomic E-state index is 12.3. The Morgan fingerprint density at radius 3 is 1.23 bits per heavy atom. The molecule has 0 spiro atoms. The minimum atomic E-state index is -0.324. The van der Waals surface area contributed by atoms with Gasteiger partial charge in [-0.05, 0) is 122 Å². The van der Waals surface area contributed by atoms with Gasteiger partial charge in [0.05, 0.1) is 51.2 Å². The maximum atomic E-state index is 12.3. The molecule has 8 bridgehead atoms. The highest BCUT2D eigenvalue weighted by atomic mass is 16.5. The molecular formula is C40H46N4O8. The summed E-state index contributed by atoms with van der Waals surface area (Å²) in [5.74, 6) is -1.27. The molecule has 0 unspecified atom stereocenters. The van der Waals surface area contributed by atoms with Crippen molar-refractivity contribution < 1.29 is 38.1 Å². The van der Waals surface area contributed by atoms with Gasteiger partial charge in [0.15, 0.2) is 0 Å². The third-order valence-electron chi connectivity index (χ3n) is 10.0. The van der Waals surface area contributed by atoms with Crippen molar-refractivity contribution in [1.29, 1.82) is 0 Å². The van der Waals surface area contributed by atoms with Crippen molar-refractivity contribution in [2.75, 3.05) is 28.4 Å². The molecule has 0 amide bonds. The summed E-state index contributed by atoms with van der Waals surface area (Å²) in [5.41, 5.74) is 13.5. The Balaban J connectivity index is 1.87. The van der Waals surface area contributed by atoms with Gasteiger partial charge in [-0.15, -0.1) is 0 Å². The number of H-pyrrole nitrogens is 2.